The van der Waals surface area contributed by atoms with E-state index in [2.05, 4.69) is 34.1 Å². The number of nitrogens with zero attached hydrogens (tertiary/aromatic N) is 3. The molecule has 0 bridgehead atoms. The van der Waals surface area contributed by atoms with Gasteiger partial charge in [-0.1, -0.05) is 0 Å². The van der Waals surface area contributed by atoms with Crippen LogP contribution >= 0.6 is 0 Å². The van der Waals surface area contributed by atoms with Gasteiger partial charge in [0.15, 0.2) is 11.6 Å². The highest BCUT2D eigenvalue weighted by molar-refractivity contribution is 5.44. The lowest BCUT2D eigenvalue weighted by Gasteiger charge is -2.29. The van der Waals surface area contributed by atoms with Gasteiger partial charge in [-0.2, -0.15) is 0 Å². The summed E-state index contributed by atoms with van der Waals surface area (Å²) in [5, 5.41) is 3.38. The molecule has 2 heterocycles. The van der Waals surface area contributed by atoms with E-state index < -0.39 is 0 Å². The van der Waals surface area contributed by atoms with Crippen LogP contribution in [0.25, 0.3) is 0 Å². The average molecular weight is 292 g/mol. The zero-order valence-electron chi connectivity index (χ0n) is 13.0. The third kappa shape index (κ3) is 3.52. The molecule has 2 fully saturated rings. The van der Waals surface area contributed by atoms with Crippen molar-refractivity contribution in [2.45, 2.75) is 44.8 Å². The van der Waals surface area contributed by atoms with Crippen LogP contribution in [-0.4, -0.2) is 48.6 Å². The van der Waals surface area contributed by atoms with Crippen LogP contribution < -0.4 is 10.2 Å². The third-order valence-corrected chi connectivity index (χ3v) is 4.43. The Bertz CT molecular complexity index is 489. The van der Waals surface area contributed by atoms with Gasteiger partial charge in [0.2, 0.25) is 0 Å². The van der Waals surface area contributed by atoms with Crippen LogP contribution in [0.4, 0.5) is 10.2 Å². The maximum atomic E-state index is 14.8. The fourth-order valence-corrected chi connectivity index (χ4v) is 3.04. The number of hydrogen-bond donors (Lipinski definition) is 1. The van der Waals surface area contributed by atoms with Crippen LogP contribution in [0.3, 0.4) is 0 Å². The summed E-state index contributed by atoms with van der Waals surface area (Å²) in [6.07, 6.45) is 5.22. The SMILES string of the molecule is CC1CN(C)CCCN1c1nccc(CNC2CC2)c1F. The number of likely N-dealkylation sites (N-methyl/N-ethyl adjacent to an activating group) is 1. The largest absolute Gasteiger partial charge is 0.350 e. The Balaban J connectivity index is 1.77. The first-order valence-corrected chi connectivity index (χ1v) is 7.97. The molecule has 1 aliphatic heterocycles. The summed E-state index contributed by atoms with van der Waals surface area (Å²) < 4.78 is 14.8. The van der Waals surface area contributed by atoms with E-state index in [9.17, 15) is 4.39 Å². The number of rotatable bonds is 4. The maximum Gasteiger partial charge on any atom is 0.170 e. The lowest BCUT2D eigenvalue weighted by atomic mass is 10.2. The number of halogens is 1. The molecule has 0 amide bonds. The highest BCUT2D eigenvalue weighted by atomic mass is 19.1. The zero-order chi connectivity index (χ0) is 14.8. The minimum Gasteiger partial charge on any atom is -0.350 e. The van der Waals surface area contributed by atoms with Gasteiger partial charge < -0.3 is 15.1 Å². The Labute approximate surface area is 126 Å². The Kier molecular flexibility index (Phi) is 4.40. The maximum absolute atomic E-state index is 14.8. The summed E-state index contributed by atoms with van der Waals surface area (Å²) in [5.41, 5.74) is 0.733. The van der Waals surface area contributed by atoms with Crippen molar-refractivity contribution in [2.24, 2.45) is 0 Å². The molecule has 1 saturated heterocycles. The molecule has 5 heteroatoms. The molecule has 116 valence electrons. The van der Waals surface area contributed by atoms with E-state index in [1.165, 1.54) is 12.8 Å². The molecule has 4 nitrogen and oxygen atoms in total. The molecule has 0 radical (unpaired) electrons. The van der Waals surface area contributed by atoms with E-state index in [0.29, 0.717) is 18.4 Å². The Hall–Kier alpha value is -1.20. The Morgan fingerprint density at radius 3 is 2.95 bits per heavy atom. The number of anilines is 1. The first-order chi connectivity index (χ1) is 10.1. The average Bonchev–Trinajstić information content (AvgIpc) is 3.27. The van der Waals surface area contributed by atoms with Crippen LogP contribution in [0.15, 0.2) is 12.3 Å². The molecule has 1 aliphatic carbocycles. The van der Waals surface area contributed by atoms with Crippen molar-refractivity contribution in [1.29, 1.82) is 0 Å². The van der Waals surface area contributed by atoms with E-state index in [0.717, 1.165) is 31.6 Å². The van der Waals surface area contributed by atoms with Gasteiger partial charge >= 0.3 is 0 Å². The molecular formula is C16H25FN4. The molecule has 21 heavy (non-hydrogen) atoms. The minimum atomic E-state index is -0.151. The topological polar surface area (TPSA) is 31.4 Å². The summed E-state index contributed by atoms with van der Waals surface area (Å²) in [4.78, 5) is 8.76. The number of nitrogens with one attached hydrogen (secondary N) is 1. The predicted molar refractivity (Wildman–Crippen MR) is 83.0 cm³/mol. The van der Waals surface area contributed by atoms with Gasteiger partial charge in [0.1, 0.15) is 0 Å². The first-order valence-electron chi connectivity index (χ1n) is 7.97. The Morgan fingerprint density at radius 2 is 2.19 bits per heavy atom. The molecule has 2 aliphatic rings. The Morgan fingerprint density at radius 1 is 1.38 bits per heavy atom. The second-order valence-corrected chi connectivity index (χ2v) is 6.42. The number of hydrogen-bond acceptors (Lipinski definition) is 4. The van der Waals surface area contributed by atoms with Crippen LogP contribution in [0.5, 0.6) is 0 Å². The van der Waals surface area contributed by atoms with Gasteiger partial charge in [-0.3, -0.25) is 0 Å². The zero-order valence-corrected chi connectivity index (χ0v) is 13.0. The van der Waals surface area contributed by atoms with Crippen molar-refractivity contribution in [3.63, 3.8) is 0 Å². The monoisotopic (exact) mass is 292 g/mol. The summed E-state index contributed by atoms with van der Waals surface area (Å²) in [6.45, 7) is 5.64. The minimum absolute atomic E-state index is 0.151. The van der Waals surface area contributed by atoms with E-state index in [-0.39, 0.29) is 11.9 Å². The highest BCUT2D eigenvalue weighted by Gasteiger charge is 2.25. The molecule has 1 aromatic rings. The van der Waals surface area contributed by atoms with Crippen molar-refractivity contribution in [3.05, 3.63) is 23.6 Å². The molecular weight excluding hydrogens is 267 g/mol. The van der Waals surface area contributed by atoms with E-state index >= 15 is 0 Å². The van der Waals surface area contributed by atoms with Gasteiger partial charge in [0, 0.05) is 43.5 Å². The second-order valence-electron chi connectivity index (χ2n) is 6.42. The smallest absolute Gasteiger partial charge is 0.170 e. The molecule has 0 aromatic carbocycles. The summed E-state index contributed by atoms with van der Waals surface area (Å²) >= 11 is 0. The predicted octanol–water partition coefficient (Wildman–Crippen LogP) is 2.00. The summed E-state index contributed by atoms with van der Waals surface area (Å²) in [7, 11) is 2.12. The van der Waals surface area contributed by atoms with Crippen LogP contribution in [-0.2, 0) is 6.54 Å². The van der Waals surface area contributed by atoms with Crippen molar-refractivity contribution in [2.75, 3.05) is 31.6 Å². The highest BCUT2D eigenvalue weighted by Crippen LogP contribution is 2.25. The van der Waals surface area contributed by atoms with Gasteiger partial charge in [-0.25, -0.2) is 9.37 Å². The first kappa shape index (κ1) is 14.7. The van der Waals surface area contributed by atoms with Crippen LogP contribution in [0.1, 0.15) is 31.7 Å². The summed E-state index contributed by atoms with van der Waals surface area (Å²) in [6, 6.07) is 2.67. The van der Waals surface area contributed by atoms with Crippen molar-refractivity contribution >= 4 is 5.82 Å². The van der Waals surface area contributed by atoms with Crippen molar-refractivity contribution in [1.82, 2.24) is 15.2 Å². The van der Waals surface area contributed by atoms with E-state index in [1.807, 2.05) is 0 Å². The molecule has 1 atom stereocenters. The lowest BCUT2D eigenvalue weighted by molar-refractivity contribution is 0.336. The fraction of sp³-hybridized carbons (Fsp3) is 0.688. The van der Waals surface area contributed by atoms with E-state index in [4.69, 9.17) is 0 Å². The van der Waals surface area contributed by atoms with E-state index in [1.54, 1.807) is 12.3 Å². The number of aromatic nitrogens is 1. The normalized spacial score (nSPS) is 24.1. The molecule has 1 N–H and O–H groups in total. The quantitative estimate of drug-likeness (QED) is 0.920. The molecule has 1 unspecified atom stereocenters. The van der Waals surface area contributed by atoms with Crippen molar-refractivity contribution < 1.29 is 4.39 Å². The lowest BCUT2D eigenvalue weighted by Crippen LogP contribution is -2.39. The van der Waals surface area contributed by atoms with Crippen molar-refractivity contribution in [3.8, 4) is 0 Å². The fourth-order valence-electron chi connectivity index (χ4n) is 3.04. The van der Waals surface area contributed by atoms with Gasteiger partial charge in [0.05, 0.1) is 0 Å². The van der Waals surface area contributed by atoms with Gasteiger partial charge in [-0.15, -0.1) is 0 Å². The van der Waals surface area contributed by atoms with Gasteiger partial charge in [0.25, 0.3) is 0 Å². The molecule has 3 rings (SSSR count). The molecule has 1 aromatic heterocycles. The van der Waals surface area contributed by atoms with Gasteiger partial charge in [-0.05, 0) is 45.8 Å². The number of pyridine rings is 1. The second kappa shape index (κ2) is 6.28. The molecule has 1 saturated carbocycles. The van der Waals surface area contributed by atoms with Crippen LogP contribution in [0.2, 0.25) is 0 Å². The summed E-state index contributed by atoms with van der Waals surface area (Å²) in [5.74, 6) is 0.370. The molecule has 0 spiro atoms. The third-order valence-electron chi connectivity index (χ3n) is 4.43. The standard InChI is InChI=1S/C16H25FN4/c1-12-11-20(2)8-3-9-21(12)16-15(17)13(6-7-18-16)10-19-14-4-5-14/h6-7,12,14,19H,3-5,8-11H2,1-2H3. The van der Waals surface area contributed by atoms with Crippen LogP contribution in [0, 0.1) is 5.82 Å².